The number of allylic oxidation sites excluding steroid dienone is 2. The number of hydrogen-bond acceptors (Lipinski definition) is 6. The summed E-state index contributed by atoms with van der Waals surface area (Å²) in [6, 6.07) is 4.51. The van der Waals surface area contributed by atoms with Crippen LogP contribution in [0.15, 0.2) is 64.6 Å². The van der Waals surface area contributed by atoms with E-state index in [1.54, 1.807) is 12.2 Å². The summed E-state index contributed by atoms with van der Waals surface area (Å²) in [4.78, 5) is 34.6. The predicted molar refractivity (Wildman–Crippen MR) is 145 cm³/mol. The van der Waals surface area contributed by atoms with E-state index in [4.69, 9.17) is 19.1 Å². The van der Waals surface area contributed by atoms with Gasteiger partial charge in [-0.3, -0.25) is 23.7 Å². The van der Waals surface area contributed by atoms with E-state index in [0.29, 0.717) is 24.2 Å². The average Bonchev–Trinajstić information content (AvgIpc) is 3.00. The molecule has 4 aromatic heterocycles. The Morgan fingerprint density at radius 3 is 2.66 bits per heavy atom. The Labute approximate surface area is 239 Å². The van der Waals surface area contributed by atoms with Gasteiger partial charge < -0.3 is 9.84 Å². The van der Waals surface area contributed by atoms with Crippen molar-refractivity contribution in [2.24, 2.45) is 0 Å². The number of pyridine rings is 4. The maximum Gasteiger partial charge on any atom is 0.278 e. The first-order valence-electron chi connectivity index (χ1n) is 13.4. The van der Waals surface area contributed by atoms with E-state index in [2.05, 4.69) is 9.97 Å². The number of aryl methyl sites for hydroxylation is 1. The third-order valence-corrected chi connectivity index (χ3v) is 6.79. The molecule has 0 unspecified atom stereocenters. The minimum absolute atomic E-state index is 0.00676. The molecular weight excluding hydrogens is 561 g/mol. The molecule has 1 N–H and O–H groups in total. The molecule has 0 amide bonds. The van der Waals surface area contributed by atoms with Crippen LogP contribution in [0.3, 0.4) is 0 Å². The summed E-state index contributed by atoms with van der Waals surface area (Å²) in [7, 11) is 0. The summed E-state index contributed by atoms with van der Waals surface area (Å²) < 4.78 is 67.8. The van der Waals surface area contributed by atoms with Gasteiger partial charge in [0, 0.05) is 42.2 Å². The van der Waals surface area contributed by atoms with Crippen LogP contribution in [-0.2, 0) is 25.0 Å². The first-order valence-corrected chi connectivity index (χ1v) is 12.8. The van der Waals surface area contributed by atoms with Crippen LogP contribution in [0.2, 0.25) is 5.02 Å². The van der Waals surface area contributed by atoms with Crippen molar-refractivity contribution in [1.82, 2.24) is 19.1 Å². The van der Waals surface area contributed by atoms with Gasteiger partial charge in [-0.1, -0.05) is 23.8 Å². The van der Waals surface area contributed by atoms with Crippen molar-refractivity contribution in [2.75, 3.05) is 0 Å². The summed E-state index contributed by atoms with van der Waals surface area (Å²) in [6.45, 7) is -0.154. The largest absolute Gasteiger partial charge is 0.485 e. The summed E-state index contributed by atoms with van der Waals surface area (Å²) in [6.07, 6.45) is 7.54. The van der Waals surface area contributed by atoms with Gasteiger partial charge in [-0.2, -0.15) is 0 Å². The molecule has 5 rings (SSSR count). The molecule has 0 spiro atoms. The summed E-state index contributed by atoms with van der Waals surface area (Å²) in [5.41, 5.74) is -3.90. The molecule has 41 heavy (non-hydrogen) atoms. The van der Waals surface area contributed by atoms with Crippen molar-refractivity contribution < 1.29 is 25.8 Å². The van der Waals surface area contributed by atoms with Gasteiger partial charge in [0.15, 0.2) is 17.5 Å². The zero-order valence-corrected chi connectivity index (χ0v) is 22.5. The zero-order valence-electron chi connectivity index (χ0n) is 23.8. The lowest BCUT2D eigenvalue weighted by Gasteiger charge is -2.21. The molecule has 4 aromatic rings. The van der Waals surface area contributed by atoms with E-state index < -0.39 is 63.0 Å². The number of rotatable bonds is 5. The number of hydrogen-bond donors (Lipinski definition) is 1. The fraction of sp³-hybridized carbons (Fsp3) is 0.241. The Morgan fingerprint density at radius 2 is 1.93 bits per heavy atom. The Morgan fingerprint density at radius 1 is 1.15 bits per heavy atom. The molecule has 0 atom stereocenters. The summed E-state index contributed by atoms with van der Waals surface area (Å²) in [5.74, 6) is -4.27. The fourth-order valence-electron chi connectivity index (χ4n) is 4.46. The van der Waals surface area contributed by atoms with Crippen molar-refractivity contribution >= 4 is 11.6 Å². The van der Waals surface area contributed by atoms with Crippen molar-refractivity contribution in [2.45, 2.75) is 45.3 Å². The quantitative estimate of drug-likeness (QED) is 0.340. The lowest BCUT2D eigenvalue weighted by Crippen LogP contribution is -2.32. The van der Waals surface area contributed by atoms with Crippen molar-refractivity contribution in [1.29, 1.82) is 0 Å². The van der Waals surface area contributed by atoms with Gasteiger partial charge in [-0.25, -0.2) is 18.2 Å². The SMILES string of the molecule is [2H]C([2H])(Oc1cc2n(c(=O)c1Cl)-c1c(cnc(-n3cccc(C(C)(C)O)c3=O)c1F)CC/C=C\C2)c1ncc(F)cc1F. The molecule has 0 fully saturated rings. The number of aromatic nitrogens is 4. The van der Waals surface area contributed by atoms with E-state index >= 15 is 4.39 Å². The molecule has 0 aromatic carbocycles. The number of ether oxygens (including phenoxy) is 1. The van der Waals surface area contributed by atoms with Crippen LogP contribution < -0.4 is 15.9 Å². The van der Waals surface area contributed by atoms with Gasteiger partial charge in [0.2, 0.25) is 0 Å². The maximum absolute atomic E-state index is 16.5. The topological polar surface area (TPSA) is 99.2 Å². The average molecular weight is 587 g/mol. The molecule has 1 aliphatic rings. The highest BCUT2D eigenvalue weighted by atomic mass is 35.5. The van der Waals surface area contributed by atoms with Crippen molar-refractivity contribution in [3.8, 4) is 17.3 Å². The Bertz CT molecular complexity index is 1900. The van der Waals surface area contributed by atoms with E-state index in [1.165, 1.54) is 44.4 Å². The molecule has 5 heterocycles. The van der Waals surface area contributed by atoms with Crippen LogP contribution in [0.5, 0.6) is 5.75 Å². The molecule has 0 radical (unpaired) electrons. The molecule has 0 bridgehead atoms. The summed E-state index contributed by atoms with van der Waals surface area (Å²) in [5, 5.41) is 9.78. The second-order valence-electron chi connectivity index (χ2n) is 9.78. The van der Waals surface area contributed by atoms with Crippen molar-refractivity contribution in [3.63, 3.8) is 0 Å². The maximum atomic E-state index is 16.5. The van der Waals surface area contributed by atoms with Gasteiger partial charge in [0.25, 0.3) is 11.1 Å². The van der Waals surface area contributed by atoms with Gasteiger partial charge in [-0.05, 0) is 44.4 Å². The lowest BCUT2D eigenvalue weighted by molar-refractivity contribution is 0.0767. The second-order valence-corrected chi connectivity index (χ2v) is 10.2. The monoisotopic (exact) mass is 586 g/mol. The third kappa shape index (κ3) is 5.42. The predicted octanol–water partition coefficient (Wildman–Crippen LogP) is 4.70. The molecule has 8 nitrogen and oxygen atoms in total. The van der Waals surface area contributed by atoms with Crippen LogP contribution >= 0.6 is 11.6 Å². The molecule has 0 saturated carbocycles. The standard InChI is InChI=1S/C29H24ClF3N4O4/c1-29(2,40)19-9-6-10-36(27(19)38)26-24(33)25-16(13-35-26)7-4-3-5-8-18-12-22(23(30)28(39)37(18)25)41-15-21-20(32)11-17(31)14-34-21/h3,5-6,9-14,40H,4,7-8,15H2,1-2H3/b5-3-/i15D2. The number of halogens is 4. The van der Waals surface area contributed by atoms with Crippen LogP contribution in [0.1, 0.15) is 45.5 Å². The van der Waals surface area contributed by atoms with E-state index in [9.17, 15) is 23.5 Å². The van der Waals surface area contributed by atoms with E-state index in [1.807, 2.05) is 0 Å². The van der Waals surface area contributed by atoms with Crippen LogP contribution in [0, 0.1) is 17.5 Å². The highest BCUT2D eigenvalue weighted by molar-refractivity contribution is 6.31. The Kier molecular flexibility index (Phi) is 6.89. The number of aliphatic hydroxyl groups is 1. The van der Waals surface area contributed by atoms with Gasteiger partial charge in [0.1, 0.15) is 28.8 Å². The molecule has 1 aliphatic heterocycles. The highest BCUT2D eigenvalue weighted by Crippen LogP contribution is 2.30. The molecule has 0 saturated heterocycles. The third-order valence-electron chi connectivity index (χ3n) is 6.44. The Hall–Kier alpha value is -4.22. The second kappa shape index (κ2) is 11.0. The summed E-state index contributed by atoms with van der Waals surface area (Å²) >= 11 is 6.36. The number of nitrogens with zero attached hydrogens (tertiary/aromatic N) is 4. The lowest BCUT2D eigenvalue weighted by atomic mass is 10.0. The molecule has 212 valence electrons. The van der Waals surface area contributed by atoms with E-state index in [0.717, 1.165) is 9.13 Å². The first-order chi connectivity index (χ1) is 20.2. The van der Waals surface area contributed by atoms with Gasteiger partial charge >= 0.3 is 0 Å². The fourth-order valence-corrected chi connectivity index (χ4v) is 4.64. The minimum Gasteiger partial charge on any atom is -0.485 e. The van der Waals surface area contributed by atoms with Gasteiger partial charge in [0.05, 0.1) is 20.2 Å². The zero-order chi connectivity index (χ0) is 31.3. The molecular formula is C29H24ClF3N4O4. The Balaban J connectivity index is 1.71. The molecule has 0 aliphatic carbocycles. The molecule has 12 heteroatoms. The van der Waals surface area contributed by atoms with Crippen molar-refractivity contribution in [3.05, 3.63) is 121 Å². The van der Waals surface area contributed by atoms with Gasteiger partial charge in [-0.15, -0.1) is 0 Å². The minimum atomic E-state index is -2.98. The highest BCUT2D eigenvalue weighted by Gasteiger charge is 2.27. The van der Waals surface area contributed by atoms with Crippen LogP contribution in [0.4, 0.5) is 13.2 Å². The number of fused-ring (bicyclic) bond motifs is 3. The smallest absolute Gasteiger partial charge is 0.278 e. The first kappa shape index (κ1) is 25.7. The van der Waals surface area contributed by atoms with E-state index in [-0.39, 0.29) is 29.8 Å². The normalized spacial score (nSPS) is 15.0. The van der Waals surface area contributed by atoms with Crippen LogP contribution in [0.25, 0.3) is 11.5 Å². The van der Waals surface area contributed by atoms with Crippen LogP contribution in [-0.4, -0.2) is 24.2 Å².